The number of ether oxygens (including phenoxy) is 2. The monoisotopic (exact) mass is 501 g/mol. The molecule has 0 radical (unpaired) electrons. The predicted octanol–water partition coefficient (Wildman–Crippen LogP) is 6.33. The van der Waals surface area contributed by atoms with E-state index in [4.69, 9.17) is 14.6 Å². The van der Waals surface area contributed by atoms with Gasteiger partial charge in [-0.1, -0.05) is 51.4 Å². The number of aromatic nitrogens is 1. The van der Waals surface area contributed by atoms with E-state index < -0.39 is 10.0 Å². The van der Waals surface area contributed by atoms with E-state index in [1.54, 1.807) is 50.7 Å². The number of methoxy groups -OCH3 is 2. The Labute approximate surface area is 209 Å². The van der Waals surface area contributed by atoms with Crippen molar-refractivity contribution in [3.63, 3.8) is 0 Å². The number of benzene rings is 2. The Morgan fingerprint density at radius 1 is 0.743 bits per heavy atom. The number of rotatable bonds is 16. The Kier molecular flexibility index (Phi) is 10.5. The van der Waals surface area contributed by atoms with Gasteiger partial charge in [-0.2, -0.15) is 0 Å². The summed E-state index contributed by atoms with van der Waals surface area (Å²) >= 11 is 0. The van der Waals surface area contributed by atoms with Crippen molar-refractivity contribution in [2.24, 2.45) is 0 Å². The third-order valence-corrected chi connectivity index (χ3v) is 8.22. The minimum absolute atomic E-state index is 0.223. The van der Waals surface area contributed by atoms with Gasteiger partial charge in [0.15, 0.2) is 0 Å². The number of aryl methyl sites for hydroxylation is 1. The molecule has 7 heteroatoms. The van der Waals surface area contributed by atoms with Gasteiger partial charge < -0.3 is 14.6 Å². The van der Waals surface area contributed by atoms with Gasteiger partial charge in [0.05, 0.1) is 24.6 Å². The summed E-state index contributed by atoms with van der Waals surface area (Å²) in [5.41, 5.74) is 1.68. The fraction of sp³-hybridized carbons (Fsp3) is 0.500. The van der Waals surface area contributed by atoms with Crippen LogP contribution in [0.15, 0.2) is 53.6 Å². The number of hydrogen-bond donors (Lipinski definition) is 1. The van der Waals surface area contributed by atoms with Gasteiger partial charge >= 0.3 is 0 Å². The Hall–Kier alpha value is -2.51. The Balaban J connectivity index is 1.64. The normalized spacial score (nSPS) is 11.7. The van der Waals surface area contributed by atoms with Crippen LogP contribution in [0.25, 0.3) is 10.9 Å². The van der Waals surface area contributed by atoms with Crippen molar-refractivity contribution in [3.05, 3.63) is 54.2 Å². The predicted molar refractivity (Wildman–Crippen MR) is 141 cm³/mol. The smallest absolute Gasteiger partial charge is 0.268 e. The van der Waals surface area contributed by atoms with Crippen molar-refractivity contribution in [3.8, 4) is 11.5 Å². The summed E-state index contributed by atoms with van der Waals surface area (Å²) in [6, 6.07) is 12.1. The standard InChI is InChI=1S/C28H39NO5S/c1-33-24-14-17-26(18-15-24)35(31,32)29-22-23(27-19-16-25(34-2)21-28(27)29)13-11-9-7-5-3-4-6-8-10-12-20-30/h14-19,21-22,30H,3-13,20H2,1-2H3. The van der Waals surface area contributed by atoms with Crippen molar-refractivity contribution in [2.75, 3.05) is 20.8 Å². The maximum Gasteiger partial charge on any atom is 0.268 e. The summed E-state index contributed by atoms with van der Waals surface area (Å²) < 4.78 is 38.9. The second-order valence-corrected chi connectivity index (χ2v) is 10.8. The van der Waals surface area contributed by atoms with Crippen molar-refractivity contribution in [2.45, 2.75) is 75.5 Å². The van der Waals surface area contributed by atoms with E-state index in [1.165, 1.54) is 42.5 Å². The van der Waals surface area contributed by atoms with Gasteiger partial charge in [0.25, 0.3) is 10.0 Å². The lowest BCUT2D eigenvalue weighted by atomic mass is 10.0. The molecule has 0 saturated carbocycles. The SMILES string of the molecule is COc1ccc(S(=O)(=O)n2cc(CCCCCCCCCCCCO)c3ccc(OC)cc32)cc1. The lowest BCUT2D eigenvalue weighted by Crippen LogP contribution is -2.11. The maximum absolute atomic E-state index is 13.5. The van der Waals surface area contributed by atoms with Gasteiger partial charge in [0.1, 0.15) is 11.5 Å². The van der Waals surface area contributed by atoms with Crippen molar-refractivity contribution in [1.82, 2.24) is 3.97 Å². The first kappa shape index (κ1) is 27.1. The number of nitrogens with zero attached hydrogens (tertiary/aromatic N) is 1. The average Bonchev–Trinajstić information content (AvgIpc) is 3.25. The Bertz CT molecular complexity index is 1150. The topological polar surface area (TPSA) is 77.8 Å². The molecular weight excluding hydrogens is 462 g/mol. The molecule has 0 amide bonds. The third kappa shape index (κ3) is 7.24. The molecule has 0 saturated heterocycles. The molecule has 0 aliphatic carbocycles. The van der Waals surface area contributed by atoms with E-state index in [2.05, 4.69) is 0 Å². The van der Waals surface area contributed by atoms with Crippen LogP contribution in [0.2, 0.25) is 0 Å². The van der Waals surface area contributed by atoms with E-state index in [-0.39, 0.29) is 4.90 Å². The summed E-state index contributed by atoms with van der Waals surface area (Å²) in [5, 5.41) is 9.77. The molecule has 1 aromatic heterocycles. The summed E-state index contributed by atoms with van der Waals surface area (Å²) in [6.07, 6.45) is 14.3. The molecule has 192 valence electrons. The molecular formula is C28H39NO5S. The van der Waals surface area contributed by atoms with Gasteiger partial charge in [0.2, 0.25) is 0 Å². The minimum Gasteiger partial charge on any atom is -0.497 e. The zero-order valence-electron chi connectivity index (χ0n) is 21.0. The second kappa shape index (κ2) is 13.5. The number of fused-ring (bicyclic) bond motifs is 1. The van der Waals surface area contributed by atoms with Crippen LogP contribution >= 0.6 is 0 Å². The van der Waals surface area contributed by atoms with E-state index >= 15 is 0 Å². The molecule has 3 aromatic rings. The van der Waals surface area contributed by atoms with Gasteiger partial charge in [-0.3, -0.25) is 0 Å². The summed E-state index contributed by atoms with van der Waals surface area (Å²) in [5.74, 6) is 1.25. The first-order chi connectivity index (χ1) is 17.0. The second-order valence-electron chi connectivity index (χ2n) is 9.02. The van der Waals surface area contributed by atoms with Gasteiger partial charge in [-0.15, -0.1) is 0 Å². The summed E-state index contributed by atoms with van der Waals surface area (Å²) in [6.45, 7) is 0.305. The molecule has 0 aliphatic rings. The van der Waals surface area contributed by atoms with Crippen LogP contribution in [-0.2, 0) is 16.4 Å². The van der Waals surface area contributed by atoms with Crippen LogP contribution in [0.3, 0.4) is 0 Å². The molecule has 1 N–H and O–H groups in total. The number of unbranched alkanes of at least 4 members (excludes halogenated alkanes) is 9. The Morgan fingerprint density at radius 3 is 1.86 bits per heavy atom. The molecule has 6 nitrogen and oxygen atoms in total. The number of aliphatic hydroxyl groups is 1. The van der Waals surface area contributed by atoms with Crippen molar-refractivity contribution in [1.29, 1.82) is 0 Å². The van der Waals surface area contributed by atoms with Gasteiger partial charge in [-0.25, -0.2) is 12.4 Å². The summed E-state index contributed by atoms with van der Waals surface area (Å²) in [4.78, 5) is 0.223. The van der Waals surface area contributed by atoms with Gasteiger partial charge in [0, 0.05) is 24.3 Å². The molecule has 2 aromatic carbocycles. The summed E-state index contributed by atoms with van der Waals surface area (Å²) in [7, 11) is -0.613. The van der Waals surface area contributed by atoms with E-state index in [1.807, 2.05) is 12.1 Å². The van der Waals surface area contributed by atoms with Crippen LogP contribution in [0.5, 0.6) is 11.5 Å². The molecule has 35 heavy (non-hydrogen) atoms. The molecule has 0 bridgehead atoms. The average molecular weight is 502 g/mol. The molecule has 3 rings (SSSR count). The number of hydrogen-bond acceptors (Lipinski definition) is 5. The van der Waals surface area contributed by atoms with Crippen LogP contribution in [0.4, 0.5) is 0 Å². The highest BCUT2D eigenvalue weighted by Gasteiger charge is 2.22. The number of aliphatic hydroxyl groups excluding tert-OH is 1. The molecule has 0 atom stereocenters. The van der Waals surface area contributed by atoms with E-state index in [0.717, 1.165) is 43.1 Å². The third-order valence-electron chi connectivity index (χ3n) is 6.53. The highest BCUT2D eigenvalue weighted by molar-refractivity contribution is 7.90. The molecule has 1 heterocycles. The van der Waals surface area contributed by atoms with Crippen molar-refractivity contribution >= 4 is 20.9 Å². The zero-order chi connectivity index (χ0) is 25.1. The molecule has 0 fully saturated rings. The quantitative estimate of drug-likeness (QED) is 0.232. The molecule has 0 unspecified atom stereocenters. The maximum atomic E-state index is 13.5. The van der Waals surface area contributed by atoms with Crippen LogP contribution in [-0.4, -0.2) is 38.3 Å². The first-order valence-electron chi connectivity index (χ1n) is 12.7. The van der Waals surface area contributed by atoms with E-state index in [0.29, 0.717) is 23.6 Å². The lowest BCUT2D eigenvalue weighted by Gasteiger charge is -2.09. The largest absolute Gasteiger partial charge is 0.497 e. The van der Waals surface area contributed by atoms with Crippen LogP contribution < -0.4 is 9.47 Å². The van der Waals surface area contributed by atoms with E-state index in [9.17, 15) is 8.42 Å². The minimum atomic E-state index is -3.76. The fourth-order valence-electron chi connectivity index (χ4n) is 4.47. The fourth-order valence-corrected chi connectivity index (χ4v) is 5.86. The zero-order valence-corrected chi connectivity index (χ0v) is 21.9. The molecule has 0 spiro atoms. The van der Waals surface area contributed by atoms with Gasteiger partial charge in [-0.05, 0) is 61.2 Å². The van der Waals surface area contributed by atoms with Crippen LogP contribution in [0, 0.1) is 0 Å². The lowest BCUT2D eigenvalue weighted by molar-refractivity contribution is 0.282. The highest BCUT2D eigenvalue weighted by atomic mass is 32.2. The molecule has 0 aliphatic heterocycles. The van der Waals surface area contributed by atoms with Crippen LogP contribution in [0.1, 0.15) is 69.8 Å². The highest BCUT2D eigenvalue weighted by Crippen LogP contribution is 2.31. The first-order valence-corrected chi connectivity index (χ1v) is 14.1. The van der Waals surface area contributed by atoms with Crippen molar-refractivity contribution < 1.29 is 23.0 Å². The Morgan fingerprint density at radius 2 is 1.29 bits per heavy atom.